The molecule has 0 bridgehead atoms. The number of aromatic nitrogens is 2. The highest BCUT2D eigenvalue weighted by molar-refractivity contribution is 5.70. The molecule has 1 N–H and O–H groups in total. The molecule has 2 heterocycles. The molecule has 3 rings (SSSR count). The average molecular weight is 279 g/mol. The average Bonchev–Trinajstić information content (AvgIpc) is 2.85. The van der Waals surface area contributed by atoms with Crippen molar-refractivity contribution in [1.29, 1.82) is 5.26 Å². The van der Waals surface area contributed by atoms with Crippen LogP contribution >= 0.6 is 0 Å². The maximum absolute atomic E-state index is 9.33. The molecule has 5 heteroatoms. The van der Waals surface area contributed by atoms with Crippen LogP contribution in [0.4, 0.5) is 17.2 Å². The quantitative estimate of drug-likeness (QED) is 0.915. The van der Waals surface area contributed by atoms with Gasteiger partial charge in [0.05, 0.1) is 5.69 Å². The highest BCUT2D eigenvalue weighted by atomic mass is 15.2. The predicted molar refractivity (Wildman–Crippen MR) is 82.9 cm³/mol. The molecule has 0 spiro atoms. The van der Waals surface area contributed by atoms with Gasteiger partial charge in [-0.2, -0.15) is 10.4 Å². The second-order valence-corrected chi connectivity index (χ2v) is 5.39. The van der Waals surface area contributed by atoms with Gasteiger partial charge in [-0.15, -0.1) is 5.10 Å². The van der Waals surface area contributed by atoms with Crippen LogP contribution in [0.2, 0.25) is 0 Å². The van der Waals surface area contributed by atoms with E-state index in [1.807, 2.05) is 19.9 Å². The van der Waals surface area contributed by atoms with E-state index in [1.165, 1.54) is 11.3 Å². The first-order valence-electron chi connectivity index (χ1n) is 6.95. The number of anilines is 3. The molecule has 21 heavy (non-hydrogen) atoms. The van der Waals surface area contributed by atoms with E-state index >= 15 is 0 Å². The van der Waals surface area contributed by atoms with E-state index in [0.717, 1.165) is 29.9 Å². The number of nitrogens with one attached hydrogen (secondary N) is 1. The third kappa shape index (κ3) is 2.29. The minimum atomic E-state index is 0.515. The van der Waals surface area contributed by atoms with Gasteiger partial charge in [-0.25, -0.2) is 0 Å². The zero-order chi connectivity index (χ0) is 15.0. The zero-order valence-electron chi connectivity index (χ0n) is 12.4. The van der Waals surface area contributed by atoms with Crippen LogP contribution in [0.3, 0.4) is 0 Å². The van der Waals surface area contributed by atoms with Crippen LogP contribution in [-0.4, -0.2) is 23.8 Å². The van der Waals surface area contributed by atoms with Crippen LogP contribution in [0.25, 0.3) is 0 Å². The first kappa shape index (κ1) is 13.4. The van der Waals surface area contributed by atoms with Crippen molar-refractivity contribution in [3.63, 3.8) is 0 Å². The summed E-state index contributed by atoms with van der Waals surface area (Å²) in [5, 5.41) is 20.8. The van der Waals surface area contributed by atoms with E-state index in [-0.39, 0.29) is 0 Å². The van der Waals surface area contributed by atoms with Crippen LogP contribution in [0.15, 0.2) is 18.2 Å². The largest absolute Gasteiger partial charge is 0.374 e. The molecule has 0 aliphatic carbocycles. The van der Waals surface area contributed by atoms with Crippen molar-refractivity contribution < 1.29 is 0 Å². The van der Waals surface area contributed by atoms with Gasteiger partial charge in [0.1, 0.15) is 11.6 Å². The molecule has 1 aliphatic heterocycles. The van der Waals surface area contributed by atoms with Gasteiger partial charge < -0.3 is 10.2 Å². The van der Waals surface area contributed by atoms with Crippen LogP contribution in [-0.2, 0) is 6.42 Å². The first-order valence-corrected chi connectivity index (χ1v) is 6.95. The number of fused-ring (bicyclic) bond motifs is 1. The van der Waals surface area contributed by atoms with Gasteiger partial charge in [-0.05, 0) is 43.5 Å². The Hall–Kier alpha value is -2.61. The zero-order valence-corrected chi connectivity index (χ0v) is 12.4. The smallest absolute Gasteiger partial charge is 0.171 e. The minimum Gasteiger partial charge on any atom is -0.374 e. The monoisotopic (exact) mass is 279 g/mol. The van der Waals surface area contributed by atoms with Crippen molar-refractivity contribution in [3.8, 4) is 6.07 Å². The number of hydrogen-bond donors (Lipinski definition) is 1. The Morgan fingerprint density at radius 3 is 2.86 bits per heavy atom. The fourth-order valence-corrected chi connectivity index (χ4v) is 2.59. The molecule has 0 fully saturated rings. The van der Waals surface area contributed by atoms with Gasteiger partial charge in [0.15, 0.2) is 5.82 Å². The Morgan fingerprint density at radius 1 is 1.29 bits per heavy atom. The number of nitrogens with zero attached hydrogens (tertiary/aromatic N) is 4. The molecule has 0 amide bonds. The molecule has 0 unspecified atom stereocenters. The lowest BCUT2D eigenvalue weighted by Gasteiger charge is -2.14. The molecule has 0 saturated carbocycles. The van der Waals surface area contributed by atoms with Crippen molar-refractivity contribution in [3.05, 3.63) is 40.6 Å². The lowest BCUT2D eigenvalue weighted by molar-refractivity contribution is 0.956. The SMILES string of the molecule is Cc1nnc(Nc2ccc3c(c2)N(C)CC3)c(C#N)c1C. The van der Waals surface area contributed by atoms with E-state index in [4.69, 9.17) is 0 Å². The second kappa shape index (κ2) is 5.06. The molecule has 1 aliphatic rings. The predicted octanol–water partition coefficient (Wildman–Crippen LogP) is 2.70. The summed E-state index contributed by atoms with van der Waals surface area (Å²) in [5.41, 5.74) is 5.72. The highest BCUT2D eigenvalue weighted by Gasteiger charge is 2.17. The molecule has 0 radical (unpaired) electrons. The normalized spacial score (nSPS) is 13.0. The minimum absolute atomic E-state index is 0.515. The summed E-state index contributed by atoms with van der Waals surface area (Å²) in [4.78, 5) is 2.23. The molecular formula is C16H17N5. The molecule has 0 saturated heterocycles. The molecule has 1 aromatic heterocycles. The number of benzene rings is 1. The highest BCUT2D eigenvalue weighted by Crippen LogP contribution is 2.31. The van der Waals surface area contributed by atoms with Gasteiger partial charge in [0.2, 0.25) is 0 Å². The molecule has 5 nitrogen and oxygen atoms in total. The molecule has 2 aromatic rings. The van der Waals surface area contributed by atoms with Crippen molar-refractivity contribution in [1.82, 2.24) is 10.2 Å². The number of hydrogen-bond acceptors (Lipinski definition) is 5. The summed E-state index contributed by atoms with van der Waals surface area (Å²) in [5.74, 6) is 0.515. The van der Waals surface area contributed by atoms with Crippen molar-refractivity contribution >= 4 is 17.2 Å². The summed E-state index contributed by atoms with van der Waals surface area (Å²) in [6, 6.07) is 8.46. The molecule has 106 valence electrons. The molecule has 1 aromatic carbocycles. The van der Waals surface area contributed by atoms with E-state index in [0.29, 0.717) is 11.4 Å². The van der Waals surface area contributed by atoms with Crippen LogP contribution in [0, 0.1) is 25.2 Å². The molecule has 0 atom stereocenters. The van der Waals surface area contributed by atoms with Crippen molar-refractivity contribution in [2.75, 3.05) is 23.8 Å². The van der Waals surface area contributed by atoms with E-state index < -0.39 is 0 Å². The summed E-state index contributed by atoms with van der Waals surface area (Å²) in [7, 11) is 2.09. The Morgan fingerprint density at radius 2 is 2.10 bits per heavy atom. The Balaban J connectivity index is 1.97. The number of aryl methyl sites for hydroxylation is 1. The topological polar surface area (TPSA) is 64.8 Å². The van der Waals surface area contributed by atoms with E-state index in [9.17, 15) is 5.26 Å². The maximum Gasteiger partial charge on any atom is 0.171 e. The maximum atomic E-state index is 9.33. The number of rotatable bonds is 2. The number of likely N-dealkylation sites (N-methyl/N-ethyl adjacent to an activating group) is 1. The molecular weight excluding hydrogens is 262 g/mol. The fraction of sp³-hybridized carbons (Fsp3) is 0.312. The van der Waals surface area contributed by atoms with Gasteiger partial charge in [-0.1, -0.05) is 6.07 Å². The van der Waals surface area contributed by atoms with E-state index in [2.05, 4.69) is 45.7 Å². The Bertz CT molecular complexity index is 745. The lowest BCUT2D eigenvalue weighted by Crippen LogP contribution is -2.12. The Labute approximate surface area is 124 Å². The van der Waals surface area contributed by atoms with E-state index in [1.54, 1.807) is 0 Å². The van der Waals surface area contributed by atoms with Gasteiger partial charge in [0.25, 0.3) is 0 Å². The van der Waals surface area contributed by atoms with Crippen LogP contribution < -0.4 is 10.2 Å². The Kier molecular flexibility index (Phi) is 3.22. The summed E-state index contributed by atoms with van der Waals surface area (Å²) >= 11 is 0. The van der Waals surface area contributed by atoms with Crippen LogP contribution in [0.1, 0.15) is 22.4 Å². The van der Waals surface area contributed by atoms with Gasteiger partial charge >= 0.3 is 0 Å². The van der Waals surface area contributed by atoms with Crippen molar-refractivity contribution in [2.45, 2.75) is 20.3 Å². The van der Waals surface area contributed by atoms with Gasteiger partial charge in [0, 0.05) is 25.0 Å². The third-order valence-electron chi connectivity index (χ3n) is 4.04. The lowest BCUT2D eigenvalue weighted by atomic mass is 10.1. The summed E-state index contributed by atoms with van der Waals surface area (Å²) in [6.07, 6.45) is 1.08. The first-order chi connectivity index (χ1) is 10.1. The van der Waals surface area contributed by atoms with Crippen LogP contribution in [0.5, 0.6) is 0 Å². The van der Waals surface area contributed by atoms with Crippen molar-refractivity contribution in [2.24, 2.45) is 0 Å². The number of nitriles is 1. The van der Waals surface area contributed by atoms with Gasteiger partial charge in [-0.3, -0.25) is 0 Å². The summed E-state index contributed by atoms with van der Waals surface area (Å²) < 4.78 is 0. The summed E-state index contributed by atoms with van der Waals surface area (Å²) in [6.45, 7) is 4.80. The standard InChI is InChI=1S/C16H17N5/c1-10-11(2)19-20-16(14(10)9-17)18-13-5-4-12-6-7-21(3)15(12)8-13/h4-5,8H,6-7H2,1-3H3,(H,18,20). The third-order valence-corrected chi connectivity index (χ3v) is 4.04. The fourth-order valence-electron chi connectivity index (χ4n) is 2.59. The second-order valence-electron chi connectivity index (χ2n) is 5.39.